The number of halogens is 2. The first-order valence-electron chi connectivity index (χ1n) is 11.1. The van der Waals surface area contributed by atoms with Crippen LogP contribution in [0.3, 0.4) is 0 Å². The summed E-state index contributed by atoms with van der Waals surface area (Å²) in [4.78, 5) is 13.1. The molecule has 0 saturated carbocycles. The Morgan fingerprint density at radius 3 is 2.05 bits per heavy atom. The summed E-state index contributed by atoms with van der Waals surface area (Å²) >= 11 is 12.3. The molecule has 0 unspecified atom stereocenters. The van der Waals surface area contributed by atoms with Gasteiger partial charge in [-0.05, 0) is 61.4 Å². The normalized spacial score (nSPS) is 12.2. The van der Waals surface area contributed by atoms with Gasteiger partial charge in [-0.15, -0.1) is 0 Å². The molecule has 0 spiro atoms. The van der Waals surface area contributed by atoms with Gasteiger partial charge in [0.2, 0.25) is 26.0 Å². The van der Waals surface area contributed by atoms with Crippen molar-refractivity contribution in [3.8, 4) is 0 Å². The third-order valence-corrected chi connectivity index (χ3v) is 9.81. The summed E-state index contributed by atoms with van der Waals surface area (Å²) in [6.07, 6.45) is 0. The smallest absolute Gasteiger partial charge is 0.243 e. The number of sulfonamides is 2. The van der Waals surface area contributed by atoms with Crippen LogP contribution in [0.25, 0.3) is 0 Å². The Balaban J connectivity index is 1.95. The van der Waals surface area contributed by atoms with Crippen LogP contribution in [0.4, 0.5) is 5.69 Å². The summed E-state index contributed by atoms with van der Waals surface area (Å²) in [5, 5.41) is 3.30. The Labute approximate surface area is 227 Å². The van der Waals surface area contributed by atoms with Crippen molar-refractivity contribution in [2.75, 3.05) is 26.0 Å². The van der Waals surface area contributed by atoms with Gasteiger partial charge in [0.05, 0.1) is 16.3 Å². The molecule has 3 aromatic carbocycles. The molecular formula is C25H27Cl2N3O5S2. The third-order valence-electron chi connectivity index (χ3n) is 5.60. The summed E-state index contributed by atoms with van der Waals surface area (Å²) < 4.78 is 54.2. The molecule has 1 amide bonds. The van der Waals surface area contributed by atoms with Crippen LogP contribution in [0.1, 0.15) is 16.7 Å². The number of nitrogens with one attached hydrogen (secondary N) is 1. The van der Waals surface area contributed by atoms with Gasteiger partial charge in [0.15, 0.2) is 0 Å². The Hall–Kier alpha value is -2.47. The van der Waals surface area contributed by atoms with Gasteiger partial charge < -0.3 is 5.32 Å². The first kappa shape index (κ1) is 29.1. The molecule has 1 N–H and O–H groups in total. The zero-order valence-corrected chi connectivity index (χ0v) is 23.8. The molecular weight excluding hydrogens is 557 g/mol. The van der Waals surface area contributed by atoms with Gasteiger partial charge >= 0.3 is 0 Å². The third kappa shape index (κ3) is 6.90. The lowest BCUT2D eigenvalue weighted by Gasteiger charge is -2.23. The fourth-order valence-corrected chi connectivity index (χ4v) is 6.15. The largest absolute Gasteiger partial charge is 0.325 e. The van der Waals surface area contributed by atoms with Crippen molar-refractivity contribution in [3.05, 3.63) is 87.4 Å². The van der Waals surface area contributed by atoms with Crippen molar-refractivity contribution in [2.24, 2.45) is 0 Å². The maximum Gasteiger partial charge on any atom is 0.243 e. The molecule has 0 fully saturated rings. The molecule has 198 valence electrons. The van der Waals surface area contributed by atoms with E-state index in [0.717, 1.165) is 14.2 Å². The number of carbonyl (C=O) groups is 1. The monoisotopic (exact) mass is 583 g/mol. The highest BCUT2D eigenvalue weighted by molar-refractivity contribution is 7.89. The average Bonchev–Trinajstić information content (AvgIpc) is 2.81. The van der Waals surface area contributed by atoms with Crippen LogP contribution < -0.4 is 5.32 Å². The SMILES string of the molecule is Cc1ccc(S(=O)(=O)N(CC(=O)Nc2cc(S(=O)(=O)N(C)C)ccc2C)Cc2ccc(Cl)cc2Cl)cc1. The molecule has 0 aliphatic heterocycles. The molecule has 0 radical (unpaired) electrons. The van der Waals surface area contributed by atoms with E-state index in [1.54, 1.807) is 37.3 Å². The van der Waals surface area contributed by atoms with E-state index >= 15 is 0 Å². The second-order valence-electron chi connectivity index (χ2n) is 8.63. The zero-order chi connectivity index (χ0) is 27.5. The van der Waals surface area contributed by atoms with Gasteiger partial charge in [0.25, 0.3) is 0 Å². The van der Waals surface area contributed by atoms with Crippen molar-refractivity contribution < 1.29 is 21.6 Å². The molecule has 0 aromatic heterocycles. The van der Waals surface area contributed by atoms with Crippen LogP contribution in [-0.4, -0.2) is 52.0 Å². The van der Waals surface area contributed by atoms with Crippen molar-refractivity contribution in [2.45, 2.75) is 30.2 Å². The van der Waals surface area contributed by atoms with Crippen LogP contribution in [0.5, 0.6) is 0 Å². The fourth-order valence-electron chi connectivity index (χ4n) is 3.38. The van der Waals surface area contributed by atoms with E-state index < -0.39 is 32.5 Å². The van der Waals surface area contributed by atoms with Crippen molar-refractivity contribution >= 4 is 54.8 Å². The zero-order valence-electron chi connectivity index (χ0n) is 20.7. The van der Waals surface area contributed by atoms with Gasteiger partial charge in [-0.25, -0.2) is 21.1 Å². The number of benzene rings is 3. The summed E-state index contributed by atoms with van der Waals surface area (Å²) in [6, 6.07) is 15.3. The number of carbonyl (C=O) groups excluding carboxylic acids is 1. The summed E-state index contributed by atoms with van der Waals surface area (Å²) in [7, 11) is -5.03. The molecule has 12 heteroatoms. The number of hydrogen-bond donors (Lipinski definition) is 1. The van der Waals surface area contributed by atoms with Crippen LogP contribution in [-0.2, 0) is 31.4 Å². The molecule has 8 nitrogen and oxygen atoms in total. The van der Waals surface area contributed by atoms with Crippen molar-refractivity contribution in [1.82, 2.24) is 8.61 Å². The van der Waals surface area contributed by atoms with E-state index in [2.05, 4.69) is 5.32 Å². The molecule has 0 aliphatic carbocycles. The summed E-state index contributed by atoms with van der Waals surface area (Å²) in [5.74, 6) is -0.650. The maximum absolute atomic E-state index is 13.5. The molecule has 0 atom stereocenters. The number of amides is 1. The Morgan fingerprint density at radius 1 is 0.838 bits per heavy atom. The first-order valence-corrected chi connectivity index (χ1v) is 14.7. The summed E-state index contributed by atoms with van der Waals surface area (Å²) in [5.41, 5.74) is 2.21. The van der Waals surface area contributed by atoms with Crippen LogP contribution in [0, 0.1) is 13.8 Å². The predicted octanol–water partition coefficient (Wildman–Crippen LogP) is 4.69. The van der Waals surface area contributed by atoms with E-state index in [4.69, 9.17) is 23.2 Å². The highest BCUT2D eigenvalue weighted by Crippen LogP contribution is 2.26. The van der Waals surface area contributed by atoms with Gasteiger partial charge in [-0.2, -0.15) is 4.31 Å². The molecule has 0 heterocycles. The van der Waals surface area contributed by atoms with Crippen LogP contribution in [0.15, 0.2) is 70.5 Å². The predicted molar refractivity (Wildman–Crippen MR) is 146 cm³/mol. The summed E-state index contributed by atoms with van der Waals surface area (Å²) in [6.45, 7) is 2.81. The maximum atomic E-state index is 13.5. The Kier molecular flexibility index (Phi) is 9.05. The minimum absolute atomic E-state index is 0.00419. The molecule has 3 rings (SSSR count). The van der Waals surface area contributed by atoms with Crippen molar-refractivity contribution in [3.63, 3.8) is 0 Å². The minimum Gasteiger partial charge on any atom is -0.325 e. The number of hydrogen-bond acceptors (Lipinski definition) is 5. The molecule has 0 bridgehead atoms. The number of aryl methyl sites for hydroxylation is 2. The van der Waals surface area contributed by atoms with E-state index in [1.165, 1.54) is 44.4 Å². The van der Waals surface area contributed by atoms with Gasteiger partial charge in [0.1, 0.15) is 0 Å². The first-order chi connectivity index (χ1) is 17.2. The highest BCUT2D eigenvalue weighted by atomic mass is 35.5. The van der Waals surface area contributed by atoms with Gasteiger partial charge in [-0.1, -0.05) is 53.0 Å². The van der Waals surface area contributed by atoms with Gasteiger partial charge in [0, 0.05) is 36.4 Å². The lowest BCUT2D eigenvalue weighted by molar-refractivity contribution is -0.116. The molecule has 0 saturated heterocycles. The molecule has 0 aliphatic rings. The molecule has 3 aromatic rings. The lowest BCUT2D eigenvalue weighted by Crippen LogP contribution is -2.37. The van der Waals surface area contributed by atoms with Crippen molar-refractivity contribution in [1.29, 1.82) is 0 Å². The van der Waals surface area contributed by atoms with E-state index in [0.29, 0.717) is 16.1 Å². The lowest BCUT2D eigenvalue weighted by atomic mass is 10.2. The standard InChI is InChI=1S/C25H27Cl2N3O5S2/c1-17-5-10-21(11-6-17)37(34,35)30(15-19-8-9-20(26)13-23(19)27)16-25(31)28-24-14-22(12-7-18(24)2)36(32,33)29(3)4/h5-14H,15-16H2,1-4H3,(H,28,31). The van der Waals surface area contributed by atoms with E-state index in [1.807, 2.05) is 6.92 Å². The Morgan fingerprint density at radius 2 is 1.46 bits per heavy atom. The average molecular weight is 585 g/mol. The highest BCUT2D eigenvalue weighted by Gasteiger charge is 2.28. The minimum atomic E-state index is -4.10. The second kappa shape index (κ2) is 11.5. The number of anilines is 1. The second-order valence-corrected chi connectivity index (χ2v) is 13.6. The Bertz CT molecular complexity index is 1520. The van der Waals surface area contributed by atoms with Crippen LogP contribution in [0.2, 0.25) is 10.0 Å². The van der Waals surface area contributed by atoms with E-state index in [9.17, 15) is 21.6 Å². The number of nitrogens with zero attached hydrogens (tertiary/aromatic N) is 2. The van der Waals surface area contributed by atoms with Crippen LogP contribution >= 0.6 is 23.2 Å². The van der Waals surface area contributed by atoms with Gasteiger partial charge in [-0.3, -0.25) is 4.79 Å². The quantitative estimate of drug-likeness (QED) is 0.393. The molecule has 37 heavy (non-hydrogen) atoms. The van der Waals surface area contributed by atoms with E-state index in [-0.39, 0.29) is 27.0 Å². The topological polar surface area (TPSA) is 104 Å². The fraction of sp³-hybridized carbons (Fsp3) is 0.240. The number of rotatable bonds is 9.